The van der Waals surface area contributed by atoms with Crippen LogP contribution in [-0.2, 0) is 6.42 Å². The second kappa shape index (κ2) is 6.33. The Labute approximate surface area is 112 Å². The van der Waals surface area contributed by atoms with E-state index in [9.17, 15) is 5.11 Å². The fourth-order valence-corrected chi connectivity index (χ4v) is 1.85. The van der Waals surface area contributed by atoms with Gasteiger partial charge in [-0.25, -0.2) is 0 Å². The molecule has 0 fully saturated rings. The standard InChI is InChI=1S/C14H18N2O3/c1-3-5-11(17)9-13-15-14(16-19-13)10-6-4-7-12(8-10)18-2/h4,6-8,11,17H,3,5,9H2,1-2H3. The first-order valence-electron chi connectivity index (χ1n) is 6.38. The molecule has 0 spiro atoms. The largest absolute Gasteiger partial charge is 0.497 e. The van der Waals surface area contributed by atoms with E-state index in [1.54, 1.807) is 7.11 Å². The summed E-state index contributed by atoms with van der Waals surface area (Å²) in [4.78, 5) is 4.28. The van der Waals surface area contributed by atoms with Crippen molar-refractivity contribution in [3.05, 3.63) is 30.2 Å². The van der Waals surface area contributed by atoms with Gasteiger partial charge < -0.3 is 14.4 Å². The minimum absolute atomic E-state index is 0.394. The number of rotatable bonds is 6. The molecule has 1 aromatic heterocycles. The first kappa shape index (κ1) is 13.5. The van der Waals surface area contributed by atoms with E-state index in [0.29, 0.717) is 18.1 Å². The van der Waals surface area contributed by atoms with Crippen LogP contribution in [0.5, 0.6) is 5.75 Å². The minimum atomic E-state index is -0.427. The van der Waals surface area contributed by atoms with Crippen molar-refractivity contribution < 1.29 is 14.4 Å². The highest BCUT2D eigenvalue weighted by Gasteiger charge is 2.13. The second-order valence-corrected chi connectivity index (χ2v) is 4.39. The van der Waals surface area contributed by atoms with Gasteiger partial charge in [-0.2, -0.15) is 4.98 Å². The molecule has 0 amide bonds. The van der Waals surface area contributed by atoms with Crippen molar-refractivity contribution in [1.29, 1.82) is 0 Å². The van der Waals surface area contributed by atoms with Gasteiger partial charge in [0, 0.05) is 5.56 Å². The lowest BCUT2D eigenvalue weighted by molar-refractivity contribution is 0.152. The third-order valence-corrected chi connectivity index (χ3v) is 2.83. The van der Waals surface area contributed by atoms with Crippen LogP contribution in [0.1, 0.15) is 25.7 Å². The van der Waals surface area contributed by atoms with Crippen molar-refractivity contribution >= 4 is 0 Å². The van der Waals surface area contributed by atoms with Gasteiger partial charge in [0.05, 0.1) is 19.6 Å². The molecule has 1 atom stereocenters. The van der Waals surface area contributed by atoms with E-state index in [0.717, 1.165) is 24.2 Å². The van der Waals surface area contributed by atoms with Crippen molar-refractivity contribution in [3.8, 4) is 17.1 Å². The number of benzene rings is 1. The van der Waals surface area contributed by atoms with Crippen molar-refractivity contribution in [2.24, 2.45) is 0 Å². The molecule has 2 aromatic rings. The van der Waals surface area contributed by atoms with Gasteiger partial charge in [-0.05, 0) is 18.6 Å². The quantitative estimate of drug-likeness (QED) is 0.866. The molecule has 5 nitrogen and oxygen atoms in total. The van der Waals surface area contributed by atoms with Gasteiger partial charge in [-0.15, -0.1) is 0 Å². The highest BCUT2D eigenvalue weighted by atomic mass is 16.5. The molecular weight excluding hydrogens is 244 g/mol. The Bertz CT molecular complexity index is 525. The summed E-state index contributed by atoms with van der Waals surface area (Å²) in [6.45, 7) is 2.03. The maximum atomic E-state index is 9.72. The van der Waals surface area contributed by atoms with Crippen LogP contribution in [0.2, 0.25) is 0 Å². The summed E-state index contributed by atoms with van der Waals surface area (Å²) < 4.78 is 10.3. The number of aliphatic hydroxyl groups is 1. The molecule has 0 saturated heterocycles. The molecule has 1 N–H and O–H groups in total. The molecular formula is C14H18N2O3. The van der Waals surface area contributed by atoms with Crippen LogP contribution in [0.25, 0.3) is 11.4 Å². The van der Waals surface area contributed by atoms with Gasteiger partial charge in [0.1, 0.15) is 5.75 Å². The van der Waals surface area contributed by atoms with Gasteiger partial charge in [0.2, 0.25) is 11.7 Å². The summed E-state index contributed by atoms with van der Waals surface area (Å²) in [5, 5.41) is 13.6. The second-order valence-electron chi connectivity index (χ2n) is 4.39. The molecule has 0 radical (unpaired) electrons. The molecule has 102 valence electrons. The van der Waals surface area contributed by atoms with Crippen molar-refractivity contribution in [2.75, 3.05) is 7.11 Å². The molecule has 0 aliphatic heterocycles. The zero-order valence-corrected chi connectivity index (χ0v) is 11.2. The van der Waals surface area contributed by atoms with Gasteiger partial charge in [-0.3, -0.25) is 0 Å². The van der Waals surface area contributed by atoms with Crippen LogP contribution in [0, 0.1) is 0 Å². The summed E-state index contributed by atoms with van der Waals surface area (Å²) in [6.07, 6.45) is 1.63. The van der Waals surface area contributed by atoms with Crippen LogP contribution in [0.4, 0.5) is 0 Å². The Morgan fingerprint density at radius 1 is 1.42 bits per heavy atom. The zero-order valence-electron chi connectivity index (χ0n) is 11.2. The molecule has 1 unspecified atom stereocenters. The summed E-state index contributed by atoms with van der Waals surface area (Å²) in [7, 11) is 1.61. The van der Waals surface area contributed by atoms with Crippen LogP contribution in [0.3, 0.4) is 0 Å². The number of hydrogen-bond donors (Lipinski definition) is 1. The Hall–Kier alpha value is -1.88. The molecule has 0 aliphatic rings. The molecule has 0 aliphatic carbocycles. The van der Waals surface area contributed by atoms with E-state index >= 15 is 0 Å². The predicted octanol–water partition coefficient (Wildman–Crippen LogP) is 2.45. The fourth-order valence-electron chi connectivity index (χ4n) is 1.85. The Morgan fingerprint density at radius 2 is 2.26 bits per heavy atom. The SMILES string of the molecule is CCCC(O)Cc1nc(-c2cccc(OC)c2)no1. The number of aliphatic hydroxyl groups excluding tert-OH is 1. The van der Waals surface area contributed by atoms with Crippen LogP contribution in [0.15, 0.2) is 28.8 Å². The third-order valence-electron chi connectivity index (χ3n) is 2.83. The van der Waals surface area contributed by atoms with Gasteiger partial charge in [0.15, 0.2) is 0 Å². The number of ether oxygens (including phenoxy) is 1. The van der Waals surface area contributed by atoms with Crippen LogP contribution in [-0.4, -0.2) is 28.5 Å². The predicted molar refractivity (Wildman–Crippen MR) is 70.9 cm³/mol. The third kappa shape index (κ3) is 3.54. The average molecular weight is 262 g/mol. The normalized spacial score (nSPS) is 12.4. The first-order valence-corrected chi connectivity index (χ1v) is 6.38. The van der Waals surface area contributed by atoms with Crippen LogP contribution >= 0.6 is 0 Å². The summed E-state index contributed by atoms with van der Waals surface area (Å²) in [6, 6.07) is 7.46. The first-order chi connectivity index (χ1) is 9.22. The number of aromatic nitrogens is 2. The lowest BCUT2D eigenvalue weighted by Crippen LogP contribution is -2.09. The van der Waals surface area contributed by atoms with E-state index in [4.69, 9.17) is 9.26 Å². The van der Waals surface area contributed by atoms with E-state index in [2.05, 4.69) is 10.1 Å². The number of hydrogen-bond acceptors (Lipinski definition) is 5. The van der Waals surface area contributed by atoms with Gasteiger partial charge >= 0.3 is 0 Å². The Balaban J connectivity index is 2.11. The molecule has 2 rings (SSSR count). The molecule has 0 bridgehead atoms. The van der Waals surface area contributed by atoms with Crippen molar-refractivity contribution in [1.82, 2.24) is 10.1 Å². The van der Waals surface area contributed by atoms with E-state index in [-0.39, 0.29) is 0 Å². The van der Waals surface area contributed by atoms with E-state index in [1.807, 2.05) is 31.2 Å². The summed E-state index contributed by atoms with van der Waals surface area (Å²) in [5.74, 6) is 1.71. The maximum Gasteiger partial charge on any atom is 0.229 e. The molecule has 19 heavy (non-hydrogen) atoms. The number of nitrogens with zero attached hydrogens (tertiary/aromatic N) is 2. The van der Waals surface area contributed by atoms with Crippen LogP contribution < -0.4 is 4.74 Å². The zero-order chi connectivity index (χ0) is 13.7. The van der Waals surface area contributed by atoms with Gasteiger partial charge in [-0.1, -0.05) is 30.6 Å². The highest BCUT2D eigenvalue weighted by Crippen LogP contribution is 2.21. The lowest BCUT2D eigenvalue weighted by Gasteiger charge is -2.04. The summed E-state index contributed by atoms with van der Waals surface area (Å²) in [5.41, 5.74) is 0.833. The summed E-state index contributed by atoms with van der Waals surface area (Å²) >= 11 is 0. The maximum absolute atomic E-state index is 9.72. The average Bonchev–Trinajstić information content (AvgIpc) is 2.87. The van der Waals surface area contributed by atoms with Gasteiger partial charge in [0.25, 0.3) is 0 Å². The highest BCUT2D eigenvalue weighted by molar-refractivity contribution is 5.56. The number of methoxy groups -OCH3 is 1. The Kier molecular flexibility index (Phi) is 4.52. The topological polar surface area (TPSA) is 68.4 Å². The minimum Gasteiger partial charge on any atom is -0.497 e. The van der Waals surface area contributed by atoms with Crippen molar-refractivity contribution in [3.63, 3.8) is 0 Å². The fraction of sp³-hybridized carbons (Fsp3) is 0.429. The van der Waals surface area contributed by atoms with E-state index < -0.39 is 6.10 Å². The van der Waals surface area contributed by atoms with E-state index in [1.165, 1.54) is 0 Å². The molecule has 1 aromatic carbocycles. The molecule has 5 heteroatoms. The lowest BCUT2D eigenvalue weighted by atomic mass is 10.1. The van der Waals surface area contributed by atoms with Crippen molar-refractivity contribution in [2.45, 2.75) is 32.3 Å². The monoisotopic (exact) mass is 262 g/mol. The smallest absolute Gasteiger partial charge is 0.229 e. The molecule has 1 heterocycles. The Morgan fingerprint density at radius 3 is 3.00 bits per heavy atom. The molecule has 0 saturated carbocycles.